The zero-order valence-electron chi connectivity index (χ0n) is 10.6. The first-order valence-corrected chi connectivity index (χ1v) is 5.55. The van der Waals surface area contributed by atoms with E-state index in [0.717, 1.165) is 18.8 Å². The van der Waals surface area contributed by atoms with Gasteiger partial charge in [-0.25, -0.2) is 0 Å². The molecule has 1 amide bonds. The van der Waals surface area contributed by atoms with Crippen molar-refractivity contribution in [2.45, 2.75) is 0 Å². The number of rotatable bonds is 5. The number of amides is 1. The first-order valence-electron chi connectivity index (χ1n) is 5.55. The third-order valence-electron chi connectivity index (χ3n) is 2.42. The van der Waals surface area contributed by atoms with E-state index >= 15 is 0 Å². The third-order valence-corrected chi connectivity index (χ3v) is 2.42. The monoisotopic (exact) mass is 236 g/mol. The molecule has 0 saturated heterocycles. The first-order chi connectivity index (χ1) is 8.04. The van der Waals surface area contributed by atoms with Crippen LogP contribution in [0.4, 0.5) is 11.4 Å². The summed E-state index contributed by atoms with van der Waals surface area (Å²) >= 11 is 0. The number of carbonyl (C=O) groups is 1. The van der Waals surface area contributed by atoms with Gasteiger partial charge in [-0.05, 0) is 32.3 Å². The van der Waals surface area contributed by atoms with E-state index in [2.05, 4.69) is 15.5 Å². The number of nitrogen functional groups attached to an aromatic ring is 1. The van der Waals surface area contributed by atoms with E-state index in [1.54, 1.807) is 19.2 Å². The number of anilines is 2. The number of likely N-dealkylation sites (N-methyl/N-ethyl adjacent to an activating group) is 1. The summed E-state index contributed by atoms with van der Waals surface area (Å²) < 4.78 is 0. The molecule has 0 aliphatic carbocycles. The van der Waals surface area contributed by atoms with E-state index in [1.165, 1.54) is 0 Å². The lowest BCUT2D eigenvalue weighted by Crippen LogP contribution is -2.21. The minimum atomic E-state index is -0.128. The van der Waals surface area contributed by atoms with Crippen molar-refractivity contribution in [2.75, 3.05) is 45.3 Å². The second kappa shape index (κ2) is 6.10. The predicted octanol–water partition coefficient (Wildman–Crippen LogP) is 0.602. The number of hydrogen-bond donors (Lipinski definition) is 3. The minimum absolute atomic E-state index is 0.128. The van der Waals surface area contributed by atoms with Crippen molar-refractivity contribution in [1.29, 1.82) is 0 Å². The van der Waals surface area contributed by atoms with Crippen molar-refractivity contribution in [1.82, 2.24) is 10.2 Å². The number of hydrogen-bond acceptors (Lipinski definition) is 4. The smallest absolute Gasteiger partial charge is 0.251 e. The predicted molar refractivity (Wildman–Crippen MR) is 71.3 cm³/mol. The van der Waals surface area contributed by atoms with Gasteiger partial charge in [-0.2, -0.15) is 0 Å². The third kappa shape index (κ3) is 3.96. The van der Waals surface area contributed by atoms with E-state index in [9.17, 15) is 4.79 Å². The van der Waals surface area contributed by atoms with E-state index in [1.807, 2.05) is 20.2 Å². The standard InChI is InChI=1S/C12H20N4O/c1-14-12(17)9-4-5-11(10(13)8-9)15-6-7-16(2)3/h4-5,8,15H,6-7,13H2,1-3H3,(H,14,17). The second-order valence-corrected chi connectivity index (χ2v) is 4.11. The molecule has 4 N–H and O–H groups in total. The van der Waals surface area contributed by atoms with Crippen LogP contribution < -0.4 is 16.4 Å². The molecule has 0 radical (unpaired) electrons. The maximum Gasteiger partial charge on any atom is 0.251 e. The van der Waals surface area contributed by atoms with Gasteiger partial charge in [0, 0.05) is 25.7 Å². The van der Waals surface area contributed by atoms with Crippen LogP contribution in [0.2, 0.25) is 0 Å². The maximum atomic E-state index is 11.4. The Labute approximate surface area is 102 Å². The van der Waals surface area contributed by atoms with Gasteiger partial charge in [-0.3, -0.25) is 4.79 Å². The Morgan fingerprint density at radius 2 is 2.12 bits per heavy atom. The molecule has 1 rings (SSSR count). The maximum absolute atomic E-state index is 11.4. The lowest BCUT2D eigenvalue weighted by Gasteiger charge is -2.13. The topological polar surface area (TPSA) is 70.4 Å². The van der Waals surface area contributed by atoms with Crippen LogP contribution in [-0.4, -0.2) is 45.0 Å². The number of nitrogens with one attached hydrogen (secondary N) is 2. The van der Waals surface area contributed by atoms with Crippen LogP contribution in [0.1, 0.15) is 10.4 Å². The van der Waals surface area contributed by atoms with Crippen LogP contribution >= 0.6 is 0 Å². The van der Waals surface area contributed by atoms with Crippen LogP contribution in [0, 0.1) is 0 Å². The number of carbonyl (C=O) groups excluding carboxylic acids is 1. The van der Waals surface area contributed by atoms with E-state index in [4.69, 9.17) is 5.73 Å². The molecule has 0 aliphatic heterocycles. The van der Waals surface area contributed by atoms with Gasteiger partial charge >= 0.3 is 0 Å². The van der Waals surface area contributed by atoms with Crippen molar-refractivity contribution in [3.05, 3.63) is 23.8 Å². The molecule has 0 bridgehead atoms. The largest absolute Gasteiger partial charge is 0.397 e. The molecule has 0 atom stereocenters. The Bertz CT molecular complexity index is 390. The highest BCUT2D eigenvalue weighted by Crippen LogP contribution is 2.19. The summed E-state index contributed by atoms with van der Waals surface area (Å²) in [5.74, 6) is -0.128. The lowest BCUT2D eigenvalue weighted by molar-refractivity contribution is 0.0963. The molecule has 1 aromatic rings. The Hall–Kier alpha value is -1.75. The van der Waals surface area contributed by atoms with E-state index in [0.29, 0.717) is 11.3 Å². The molecular weight excluding hydrogens is 216 g/mol. The molecule has 5 heteroatoms. The summed E-state index contributed by atoms with van der Waals surface area (Å²) in [6.45, 7) is 1.74. The van der Waals surface area contributed by atoms with Gasteiger partial charge in [-0.1, -0.05) is 0 Å². The molecule has 1 aromatic carbocycles. The van der Waals surface area contributed by atoms with Crippen molar-refractivity contribution < 1.29 is 4.79 Å². The van der Waals surface area contributed by atoms with Gasteiger partial charge in [0.15, 0.2) is 0 Å². The Balaban J connectivity index is 2.66. The van der Waals surface area contributed by atoms with Gasteiger partial charge in [0.25, 0.3) is 5.91 Å². The SMILES string of the molecule is CNC(=O)c1ccc(NCCN(C)C)c(N)c1. The lowest BCUT2D eigenvalue weighted by atomic mass is 10.1. The van der Waals surface area contributed by atoms with Crippen molar-refractivity contribution in [3.63, 3.8) is 0 Å². The molecule has 0 aliphatic rings. The van der Waals surface area contributed by atoms with Gasteiger partial charge in [-0.15, -0.1) is 0 Å². The van der Waals surface area contributed by atoms with Gasteiger partial charge in [0.05, 0.1) is 11.4 Å². The minimum Gasteiger partial charge on any atom is -0.397 e. The normalized spacial score (nSPS) is 10.4. The molecule has 0 fully saturated rings. The van der Waals surface area contributed by atoms with E-state index in [-0.39, 0.29) is 5.91 Å². The van der Waals surface area contributed by atoms with Crippen molar-refractivity contribution in [2.24, 2.45) is 0 Å². The Morgan fingerprint density at radius 1 is 1.41 bits per heavy atom. The molecule has 17 heavy (non-hydrogen) atoms. The van der Waals surface area contributed by atoms with Crippen molar-refractivity contribution >= 4 is 17.3 Å². The number of nitrogens with two attached hydrogens (primary N) is 1. The highest BCUT2D eigenvalue weighted by Gasteiger charge is 2.05. The summed E-state index contributed by atoms with van der Waals surface area (Å²) in [5, 5.41) is 5.79. The highest BCUT2D eigenvalue weighted by molar-refractivity contribution is 5.95. The molecule has 94 valence electrons. The molecule has 0 saturated carbocycles. The number of benzene rings is 1. The fourth-order valence-electron chi connectivity index (χ4n) is 1.42. The van der Waals surface area contributed by atoms with Crippen LogP contribution in [0.15, 0.2) is 18.2 Å². The Morgan fingerprint density at radius 3 is 2.65 bits per heavy atom. The summed E-state index contributed by atoms with van der Waals surface area (Å²) in [4.78, 5) is 13.5. The molecule has 0 heterocycles. The van der Waals surface area contributed by atoms with E-state index < -0.39 is 0 Å². The first kappa shape index (κ1) is 13.3. The molecule has 5 nitrogen and oxygen atoms in total. The summed E-state index contributed by atoms with van der Waals surface area (Å²) in [6.07, 6.45) is 0. The highest BCUT2D eigenvalue weighted by atomic mass is 16.1. The van der Waals surface area contributed by atoms with Crippen LogP contribution in [0.25, 0.3) is 0 Å². The average molecular weight is 236 g/mol. The fourth-order valence-corrected chi connectivity index (χ4v) is 1.42. The molecular formula is C12H20N4O. The van der Waals surface area contributed by atoms with Crippen LogP contribution in [0.5, 0.6) is 0 Å². The quantitative estimate of drug-likeness (QED) is 0.655. The summed E-state index contributed by atoms with van der Waals surface area (Å²) in [6, 6.07) is 5.26. The fraction of sp³-hybridized carbons (Fsp3) is 0.417. The molecule has 0 aromatic heterocycles. The summed E-state index contributed by atoms with van der Waals surface area (Å²) in [7, 11) is 5.63. The molecule has 0 spiro atoms. The number of nitrogens with zero attached hydrogens (tertiary/aromatic N) is 1. The zero-order chi connectivity index (χ0) is 12.8. The Kier molecular flexibility index (Phi) is 4.78. The van der Waals surface area contributed by atoms with Crippen LogP contribution in [-0.2, 0) is 0 Å². The average Bonchev–Trinajstić information content (AvgIpc) is 2.29. The van der Waals surface area contributed by atoms with Crippen LogP contribution in [0.3, 0.4) is 0 Å². The second-order valence-electron chi connectivity index (χ2n) is 4.11. The van der Waals surface area contributed by atoms with Crippen molar-refractivity contribution in [3.8, 4) is 0 Å². The zero-order valence-corrected chi connectivity index (χ0v) is 10.6. The molecule has 0 unspecified atom stereocenters. The van der Waals surface area contributed by atoms with Gasteiger partial charge in [0.1, 0.15) is 0 Å². The van der Waals surface area contributed by atoms with Gasteiger partial charge in [0.2, 0.25) is 0 Å². The van der Waals surface area contributed by atoms with Gasteiger partial charge < -0.3 is 21.3 Å². The summed E-state index contributed by atoms with van der Waals surface area (Å²) in [5.41, 5.74) is 7.90.